The van der Waals surface area contributed by atoms with Crippen LogP contribution in [0.5, 0.6) is 0 Å². The van der Waals surface area contributed by atoms with Crippen molar-refractivity contribution in [1.82, 2.24) is 10.2 Å². The zero-order chi connectivity index (χ0) is 10.6. The lowest BCUT2D eigenvalue weighted by molar-refractivity contribution is 0.0824. The Balaban J connectivity index is 2.02. The number of nitrogens with one attached hydrogen (secondary N) is 1. The summed E-state index contributed by atoms with van der Waals surface area (Å²) in [6, 6.07) is 0.942. The van der Waals surface area contributed by atoms with Crippen molar-refractivity contribution < 1.29 is 8.78 Å². The number of hydrogen-bond donors (Lipinski definition) is 1. The molecule has 0 radical (unpaired) electrons. The number of halogens is 2. The fourth-order valence-electron chi connectivity index (χ4n) is 1.40. The van der Waals surface area contributed by atoms with E-state index >= 15 is 0 Å². The Morgan fingerprint density at radius 1 is 1.43 bits per heavy atom. The molecule has 0 aromatic heterocycles. The molecular weight excluding hydrogens is 186 g/mol. The van der Waals surface area contributed by atoms with E-state index in [0.717, 1.165) is 13.0 Å². The normalized spacial score (nSPS) is 19.3. The maximum Gasteiger partial charge on any atom is 0.251 e. The summed E-state index contributed by atoms with van der Waals surface area (Å²) in [5.41, 5.74) is 0. The number of rotatable bonds is 7. The van der Waals surface area contributed by atoms with Crippen molar-refractivity contribution in [3.8, 4) is 0 Å². The molecule has 1 aliphatic carbocycles. The Morgan fingerprint density at radius 2 is 2.07 bits per heavy atom. The minimum atomic E-state index is -2.22. The second-order valence-electron chi connectivity index (χ2n) is 4.20. The zero-order valence-electron chi connectivity index (χ0n) is 8.97. The smallest absolute Gasteiger partial charge is 0.251 e. The summed E-state index contributed by atoms with van der Waals surface area (Å²) < 4.78 is 24.1. The Kier molecular flexibility index (Phi) is 4.75. The summed E-state index contributed by atoms with van der Waals surface area (Å²) in [6.45, 7) is 2.82. The van der Waals surface area contributed by atoms with Gasteiger partial charge in [-0.15, -0.1) is 0 Å². The molecule has 1 N–H and O–H groups in total. The Bertz CT molecular complexity index is 160. The highest BCUT2D eigenvalue weighted by Gasteiger charge is 2.20. The van der Waals surface area contributed by atoms with Crippen LogP contribution in [0.1, 0.15) is 26.2 Å². The van der Waals surface area contributed by atoms with Gasteiger partial charge in [0, 0.05) is 12.1 Å². The molecule has 0 heterocycles. The van der Waals surface area contributed by atoms with Gasteiger partial charge in [-0.2, -0.15) is 0 Å². The summed E-state index contributed by atoms with van der Waals surface area (Å²) >= 11 is 0. The largest absolute Gasteiger partial charge is 0.314 e. The third kappa shape index (κ3) is 4.86. The molecule has 2 nitrogen and oxygen atoms in total. The Hall–Kier alpha value is -0.220. The summed E-state index contributed by atoms with van der Waals surface area (Å²) in [5.74, 6) is 0. The van der Waals surface area contributed by atoms with Crippen LogP contribution in [-0.2, 0) is 0 Å². The topological polar surface area (TPSA) is 15.3 Å². The molecule has 1 unspecified atom stereocenters. The maximum absolute atomic E-state index is 12.0. The summed E-state index contributed by atoms with van der Waals surface area (Å²) in [6.07, 6.45) is 1.28. The van der Waals surface area contributed by atoms with Crippen LogP contribution in [-0.4, -0.2) is 43.5 Å². The third-order valence-corrected chi connectivity index (χ3v) is 2.75. The lowest BCUT2D eigenvalue weighted by atomic mass is 10.2. The fraction of sp³-hybridized carbons (Fsp3) is 1.00. The Labute approximate surface area is 84.7 Å². The van der Waals surface area contributed by atoms with Gasteiger partial charge >= 0.3 is 0 Å². The van der Waals surface area contributed by atoms with E-state index in [-0.39, 0.29) is 12.6 Å². The van der Waals surface area contributed by atoms with Gasteiger partial charge in [-0.05, 0) is 39.8 Å². The minimum absolute atomic E-state index is 0.120. The number of hydrogen-bond acceptors (Lipinski definition) is 2. The first-order valence-electron chi connectivity index (χ1n) is 5.31. The van der Waals surface area contributed by atoms with Crippen molar-refractivity contribution in [3.63, 3.8) is 0 Å². The van der Waals surface area contributed by atoms with E-state index in [1.807, 2.05) is 6.92 Å². The average molecular weight is 206 g/mol. The highest BCUT2D eigenvalue weighted by Crippen LogP contribution is 2.18. The zero-order valence-corrected chi connectivity index (χ0v) is 8.97. The van der Waals surface area contributed by atoms with Crippen LogP contribution in [0.4, 0.5) is 8.78 Å². The first-order valence-corrected chi connectivity index (χ1v) is 5.31. The predicted octanol–water partition coefficient (Wildman–Crippen LogP) is 1.71. The van der Waals surface area contributed by atoms with Crippen molar-refractivity contribution in [2.45, 2.75) is 44.7 Å². The highest BCUT2D eigenvalue weighted by molar-refractivity contribution is 4.81. The van der Waals surface area contributed by atoms with Gasteiger partial charge in [0.05, 0.1) is 6.54 Å². The molecule has 1 saturated carbocycles. The van der Waals surface area contributed by atoms with Crippen LogP contribution in [0.15, 0.2) is 0 Å². The van der Waals surface area contributed by atoms with Crippen molar-refractivity contribution in [1.29, 1.82) is 0 Å². The monoisotopic (exact) mass is 206 g/mol. The van der Waals surface area contributed by atoms with Crippen molar-refractivity contribution in [3.05, 3.63) is 0 Å². The molecule has 0 aliphatic heterocycles. The molecule has 1 fully saturated rings. The highest BCUT2D eigenvalue weighted by atomic mass is 19.3. The van der Waals surface area contributed by atoms with Gasteiger partial charge in [-0.1, -0.05) is 0 Å². The van der Waals surface area contributed by atoms with Gasteiger partial charge in [0.2, 0.25) is 0 Å². The molecule has 0 aromatic rings. The molecule has 4 heteroatoms. The van der Waals surface area contributed by atoms with Gasteiger partial charge < -0.3 is 5.32 Å². The molecule has 84 valence electrons. The molecule has 0 aromatic carbocycles. The molecule has 1 aliphatic rings. The van der Waals surface area contributed by atoms with E-state index in [2.05, 4.69) is 5.32 Å². The number of alkyl halides is 2. The van der Waals surface area contributed by atoms with Crippen LogP contribution < -0.4 is 5.32 Å². The number of nitrogens with zero attached hydrogens (tertiary/aromatic N) is 1. The van der Waals surface area contributed by atoms with E-state index in [4.69, 9.17) is 0 Å². The first-order chi connectivity index (χ1) is 6.59. The van der Waals surface area contributed by atoms with E-state index in [0.29, 0.717) is 6.04 Å². The van der Waals surface area contributed by atoms with Gasteiger partial charge in [0.25, 0.3) is 6.43 Å². The predicted molar refractivity (Wildman–Crippen MR) is 53.7 cm³/mol. The summed E-state index contributed by atoms with van der Waals surface area (Å²) in [7, 11) is 1.76. The standard InChI is InChI=1S/C10H20F2N2/c1-8(14(2)7-10(11)12)5-6-13-9-3-4-9/h8-10,13H,3-7H2,1-2H3. The summed E-state index contributed by atoms with van der Waals surface area (Å²) in [5, 5.41) is 3.38. The van der Waals surface area contributed by atoms with Crippen molar-refractivity contribution in [2.24, 2.45) is 0 Å². The molecule has 0 spiro atoms. The molecule has 0 amide bonds. The SMILES string of the molecule is CC(CCNC1CC1)N(C)CC(F)F. The average Bonchev–Trinajstić information content (AvgIpc) is 2.86. The second kappa shape index (κ2) is 5.61. The van der Waals surface area contributed by atoms with Crippen LogP contribution in [0.25, 0.3) is 0 Å². The molecular formula is C10H20F2N2. The quantitative estimate of drug-likeness (QED) is 0.682. The van der Waals surface area contributed by atoms with Crippen LogP contribution in [0, 0.1) is 0 Å². The van der Waals surface area contributed by atoms with Crippen molar-refractivity contribution in [2.75, 3.05) is 20.1 Å². The Morgan fingerprint density at radius 3 is 2.57 bits per heavy atom. The van der Waals surface area contributed by atoms with Crippen LogP contribution in [0.3, 0.4) is 0 Å². The lowest BCUT2D eigenvalue weighted by Crippen LogP contribution is -2.35. The van der Waals surface area contributed by atoms with Crippen LogP contribution >= 0.6 is 0 Å². The van der Waals surface area contributed by atoms with Crippen molar-refractivity contribution >= 4 is 0 Å². The van der Waals surface area contributed by atoms with E-state index < -0.39 is 6.43 Å². The van der Waals surface area contributed by atoms with E-state index in [1.165, 1.54) is 12.8 Å². The lowest BCUT2D eigenvalue weighted by Gasteiger charge is -2.24. The summed E-state index contributed by atoms with van der Waals surface area (Å²) in [4.78, 5) is 1.72. The maximum atomic E-state index is 12.0. The van der Waals surface area contributed by atoms with Gasteiger partial charge in [0.15, 0.2) is 0 Å². The fourth-order valence-corrected chi connectivity index (χ4v) is 1.40. The molecule has 1 atom stereocenters. The van der Waals surface area contributed by atoms with Crippen LogP contribution in [0.2, 0.25) is 0 Å². The van der Waals surface area contributed by atoms with Gasteiger partial charge in [-0.25, -0.2) is 8.78 Å². The molecule has 1 rings (SSSR count). The van der Waals surface area contributed by atoms with E-state index in [1.54, 1.807) is 11.9 Å². The molecule has 0 saturated heterocycles. The van der Waals surface area contributed by atoms with E-state index in [9.17, 15) is 8.78 Å². The third-order valence-electron chi connectivity index (χ3n) is 2.75. The second-order valence-corrected chi connectivity index (χ2v) is 4.20. The van der Waals surface area contributed by atoms with Gasteiger partial charge in [0.1, 0.15) is 0 Å². The molecule has 14 heavy (non-hydrogen) atoms. The minimum Gasteiger partial charge on any atom is -0.314 e. The molecule has 0 bridgehead atoms. The van der Waals surface area contributed by atoms with Gasteiger partial charge in [-0.3, -0.25) is 4.90 Å². The first kappa shape index (κ1) is 11.9.